The van der Waals surface area contributed by atoms with E-state index in [9.17, 15) is 4.39 Å². The average Bonchev–Trinajstić information content (AvgIpc) is 2.49. The first-order chi connectivity index (χ1) is 10.2. The molecule has 0 radical (unpaired) electrons. The summed E-state index contributed by atoms with van der Waals surface area (Å²) in [5.41, 5.74) is 12.4. The third-order valence-electron chi connectivity index (χ3n) is 2.67. The summed E-state index contributed by atoms with van der Waals surface area (Å²) in [4.78, 5) is 0. The van der Waals surface area contributed by atoms with Crippen LogP contribution >= 0.6 is 0 Å². The van der Waals surface area contributed by atoms with Gasteiger partial charge in [-0.25, -0.2) is 4.39 Å². The van der Waals surface area contributed by atoms with Gasteiger partial charge in [0, 0.05) is 11.1 Å². The number of rotatable bonds is 4. The Morgan fingerprint density at radius 1 is 0.905 bits per heavy atom. The van der Waals surface area contributed by atoms with Crippen molar-refractivity contribution in [3.63, 3.8) is 0 Å². The molecule has 0 aliphatic rings. The second kappa shape index (κ2) is 7.00. The first-order valence-electron chi connectivity index (χ1n) is 6.31. The summed E-state index contributed by atoms with van der Waals surface area (Å²) < 4.78 is 13.6. The standard InChI is InChI=1S/C16H15FN4/c17-14-9-5-4-6-12(14)10-11-15(20-21-16(18)19)13-7-2-1-3-8-13/h1-11H,(H4,18,19,21)/b11-10+,20-15-. The Bertz CT molecular complexity index is 686. The predicted molar refractivity (Wildman–Crippen MR) is 84.2 cm³/mol. The van der Waals surface area contributed by atoms with Gasteiger partial charge in [-0.1, -0.05) is 48.5 Å². The minimum atomic E-state index is -0.303. The highest BCUT2D eigenvalue weighted by Gasteiger charge is 2.01. The summed E-state index contributed by atoms with van der Waals surface area (Å²) in [7, 11) is 0. The Hall–Kier alpha value is -2.95. The van der Waals surface area contributed by atoms with Gasteiger partial charge in [0.2, 0.25) is 5.96 Å². The number of halogens is 1. The molecule has 0 atom stereocenters. The van der Waals surface area contributed by atoms with Gasteiger partial charge in [0.1, 0.15) is 5.82 Å². The molecule has 0 saturated heterocycles. The van der Waals surface area contributed by atoms with E-state index in [4.69, 9.17) is 11.5 Å². The van der Waals surface area contributed by atoms with Crippen LogP contribution in [0.15, 0.2) is 70.9 Å². The van der Waals surface area contributed by atoms with E-state index in [1.807, 2.05) is 30.3 Å². The van der Waals surface area contributed by atoms with Gasteiger partial charge < -0.3 is 11.5 Å². The van der Waals surface area contributed by atoms with Crippen LogP contribution in [0, 0.1) is 5.82 Å². The zero-order chi connectivity index (χ0) is 15.1. The van der Waals surface area contributed by atoms with Crippen LogP contribution in [0.3, 0.4) is 0 Å². The van der Waals surface area contributed by atoms with Gasteiger partial charge in [-0.3, -0.25) is 0 Å². The molecule has 21 heavy (non-hydrogen) atoms. The minimum Gasteiger partial charge on any atom is -0.369 e. The third-order valence-corrected chi connectivity index (χ3v) is 2.67. The zero-order valence-electron chi connectivity index (χ0n) is 11.3. The van der Waals surface area contributed by atoms with Gasteiger partial charge in [0.05, 0.1) is 5.71 Å². The molecular weight excluding hydrogens is 267 g/mol. The van der Waals surface area contributed by atoms with Gasteiger partial charge in [-0.2, -0.15) is 0 Å². The van der Waals surface area contributed by atoms with Crippen LogP contribution in [0.25, 0.3) is 6.08 Å². The number of benzene rings is 2. The van der Waals surface area contributed by atoms with Gasteiger partial charge in [0.15, 0.2) is 0 Å². The fourth-order valence-corrected chi connectivity index (χ4v) is 1.69. The molecule has 0 aliphatic heterocycles. The molecule has 0 aromatic heterocycles. The molecule has 0 spiro atoms. The van der Waals surface area contributed by atoms with Crippen molar-refractivity contribution in [2.45, 2.75) is 0 Å². The molecule has 106 valence electrons. The van der Waals surface area contributed by atoms with E-state index < -0.39 is 0 Å². The lowest BCUT2D eigenvalue weighted by Gasteiger charge is -2.00. The molecule has 2 aromatic rings. The second-order valence-corrected chi connectivity index (χ2v) is 4.23. The molecule has 4 N–H and O–H groups in total. The number of nitrogens with two attached hydrogens (primary N) is 2. The van der Waals surface area contributed by atoms with E-state index in [-0.39, 0.29) is 11.8 Å². The van der Waals surface area contributed by atoms with Crippen molar-refractivity contribution in [2.75, 3.05) is 0 Å². The average molecular weight is 282 g/mol. The van der Waals surface area contributed by atoms with E-state index >= 15 is 0 Å². The molecular formula is C16H15FN4. The van der Waals surface area contributed by atoms with Crippen LogP contribution in [-0.4, -0.2) is 11.7 Å². The highest BCUT2D eigenvalue weighted by molar-refractivity contribution is 6.10. The van der Waals surface area contributed by atoms with Crippen LogP contribution in [0.5, 0.6) is 0 Å². The quantitative estimate of drug-likeness (QED) is 0.513. The van der Waals surface area contributed by atoms with E-state index in [1.165, 1.54) is 6.07 Å². The van der Waals surface area contributed by atoms with Crippen molar-refractivity contribution >= 4 is 17.7 Å². The van der Waals surface area contributed by atoms with E-state index in [2.05, 4.69) is 10.2 Å². The predicted octanol–water partition coefficient (Wildman–Crippen LogP) is 2.52. The lowest BCUT2D eigenvalue weighted by molar-refractivity contribution is 0.625. The topological polar surface area (TPSA) is 76.8 Å². The molecule has 0 saturated carbocycles. The van der Waals surface area contributed by atoms with E-state index in [0.29, 0.717) is 11.3 Å². The molecule has 4 nitrogen and oxygen atoms in total. The summed E-state index contributed by atoms with van der Waals surface area (Å²) in [6.45, 7) is 0. The van der Waals surface area contributed by atoms with Crippen molar-refractivity contribution in [3.05, 3.63) is 77.6 Å². The lowest BCUT2D eigenvalue weighted by atomic mass is 10.1. The zero-order valence-corrected chi connectivity index (χ0v) is 11.3. The Kier molecular flexibility index (Phi) is 4.82. The van der Waals surface area contributed by atoms with Crippen LogP contribution < -0.4 is 11.5 Å². The molecule has 0 aliphatic carbocycles. The highest BCUT2D eigenvalue weighted by atomic mass is 19.1. The monoisotopic (exact) mass is 282 g/mol. The van der Waals surface area contributed by atoms with Crippen molar-refractivity contribution in [3.8, 4) is 0 Å². The van der Waals surface area contributed by atoms with Crippen molar-refractivity contribution in [1.29, 1.82) is 0 Å². The van der Waals surface area contributed by atoms with Gasteiger partial charge in [0.25, 0.3) is 0 Å². The SMILES string of the molecule is NC(N)=N/N=C(/C=C/c1ccccc1F)c1ccccc1. The Balaban J connectivity index is 2.36. The Labute approximate surface area is 122 Å². The summed E-state index contributed by atoms with van der Waals surface area (Å²) in [6.07, 6.45) is 3.30. The molecule has 0 bridgehead atoms. The first kappa shape index (κ1) is 14.5. The number of guanidine groups is 1. The van der Waals surface area contributed by atoms with Crippen LogP contribution in [-0.2, 0) is 0 Å². The summed E-state index contributed by atoms with van der Waals surface area (Å²) in [5.74, 6) is -0.439. The van der Waals surface area contributed by atoms with Crippen LogP contribution in [0.2, 0.25) is 0 Å². The molecule has 2 aromatic carbocycles. The third kappa shape index (κ3) is 4.28. The Morgan fingerprint density at radius 2 is 1.57 bits per heavy atom. The molecule has 0 fully saturated rings. The van der Waals surface area contributed by atoms with Crippen molar-refractivity contribution in [2.24, 2.45) is 21.7 Å². The summed E-state index contributed by atoms with van der Waals surface area (Å²) >= 11 is 0. The van der Waals surface area contributed by atoms with E-state index in [0.717, 1.165) is 5.56 Å². The first-order valence-corrected chi connectivity index (χ1v) is 6.31. The van der Waals surface area contributed by atoms with Crippen molar-refractivity contribution < 1.29 is 4.39 Å². The Morgan fingerprint density at radius 3 is 2.24 bits per heavy atom. The largest absolute Gasteiger partial charge is 0.369 e. The van der Waals surface area contributed by atoms with Crippen molar-refractivity contribution in [1.82, 2.24) is 0 Å². The van der Waals surface area contributed by atoms with Crippen LogP contribution in [0.4, 0.5) is 4.39 Å². The maximum absolute atomic E-state index is 13.6. The number of hydrogen-bond donors (Lipinski definition) is 2. The van der Waals surface area contributed by atoms with Crippen LogP contribution in [0.1, 0.15) is 11.1 Å². The highest BCUT2D eigenvalue weighted by Crippen LogP contribution is 2.10. The van der Waals surface area contributed by atoms with E-state index in [1.54, 1.807) is 30.4 Å². The second-order valence-electron chi connectivity index (χ2n) is 4.23. The molecule has 5 heteroatoms. The molecule has 0 amide bonds. The van der Waals surface area contributed by atoms with Gasteiger partial charge in [-0.15, -0.1) is 10.2 Å². The molecule has 0 heterocycles. The van der Waals surface area contributed by atoms with Gasteiger partial charge in [-0.05, 0) is 18.2 Å². The lowest BCUT2D eigenvalue weighted by Crippen LogP contribution is -2.22. The smallest absolute Gasteiger partial charge is 0.211 e. The summed E-state index contributed by atoms with van der Waals surface area (Å²) in [6, 6.07) is 15.8. The summed E-state index contributed by atoms with van der Waals surface area (Å²) in [5, 5.41) is 7.63. The fourth-order valence-electron chi connectivity index (χ4n) is 1.69. The molecule has 0 unspecified atom stereocenters. The maximum Gasteiger partial charge on any atom is 0.211 e. The number of allylic oxidation sites excluding steroid dienone is 1. The van der Waals surface area contributed by atoms with Gasteiger partial charge >= 0.3 is 0 Å². The minimum absolute atomic E-state index is 0.136. The maximum atomic E-state index is 13.6. The number of nitrogens with zero attached hydrogens (tertiary/aromatic N) is 2. The molecule has 2 rings (SSSR count). The number of hydrogen-bond acceptors (Lipinski definition) is 2. The normalized spacial score (nSPS) is 11.6. The fraction of sp³-hybridized carbons (Fsp3) is 0.